The zero-order valence-electron chi connectivity index (χ0n) is 18.2. The number of piperazine rings is 1. The quantitative estimate of drug-likeness (QED) is 0.420. The summed E-state index contributed by atoms with van der Waals surface area (Å²) in [6.07, 6.45) is 1.73. The highest BCUT2D eigenvalue weighted by Crippen LogP contribution is 2.21. The predicted molar refractivity (Wildman–Crippen MR) is 137 cm³/mol. The molecule has 1 fully saturated rings. The largest absolute Gasteiger partial charge is 0.497 e. The Hall–Kier alpha value is -2.65. The van der Waals surface area contributed by atoms with Crippen LogP contribution in [-0.4, -0.2) is 62.2 Å². The van der Waals surface area contributed by atoms with Crippen molar-refractivity contribution in [1.82, 2.24) is 9.88 Å². The Kier molecular flexibility index (Phi) is 7.59. The SMILES string of the molecule is COc1ccc(N2CCN(CCN(C(=O)c3ccc(I)cc3)c3ccccn3)CC2)cc1. The number of rotatable bonds is 7. The van der Waals surface area contributed by atoms with E-state index in [-0.39, 0.29) is 5.91 Å². The monoisotopic (exact) mass is 542 g/mol. The van der Waals surface area contributed by atoms with E-state index in [9.17, 15) is 4.79 Å². The lowest BCUT2D eigenvalue weighted by molar-refractivity contribution is 0.0982. The van der Waals surface area contributed by atoms with Gasteiger partial charge >= 0.3 is 0 Å². The molecule has 0 N–H and O–H groups in total. The number of carbonyl (C=O) groups is 1. The molecule has 3 aromatic rings. The van der Waals surface area contributed by atoms with Crippen molar-refractivity contribution in [3.05, 3.63) is 82.1 Å². The lowest BCUT2D eigenvalue weighted by Gasteiger charge is -2.37. The van der Waals surface area contributed by atoms with Gasteiger partial charge in [-0.1, -0.05) is 6.07 Å². The van der Waals surface area contributed by atoms with Crippen LogP contribution in [0.15, 0.2) is 72.9 Å². The summed E-state index contributed by atoms with van der Waals surface area (Å²) in [5.74, 6) is 1.55. The molecule has 166 valence electrons. The molecule has 1 aliphatic rings. The summed E-state index contributed by atoms with van der Waals surface area (Å²) in [4.78, 5) is 24.3. The second-order valence-electron chi connectivity index (χ2n) is 7.68. The minimum Gasteiger partial charge on any atom is -0.497 e. The first kappa shape index (κ1) is 22.5. The van der Waals surface area contributed by atoms with Crippen LogP contribution in [0.2, 0.25) is 0 Å². The molecule has 0 bridgehead atoms. The second-order valence-corrected chi connectivity index (χ2v) is 8.92. The van der Waals surface area contributed by atoms with E-state index in [1.54, 1.807) is 18.2 Å². The molecule has 0 atom stereocenters. The molecule has 0 spiro atoms. The van der Waals surface area contributed by atoms with E-state index in [4.69, 9.17) is 4.74 Å². The molecular weight excluding hydrogens is 515 g/mol. The summed E-state index contributed by atoms with van der Waals surface area (Å²) < 4.78 is 6.37. The van der Waals surface area contributed by atoms with Crippen molar-refractivity contribution in [3.63, 3.8) is 0 Å². The van der Waals surface area contributed by atoms with E-state index < -0.39 is 0 Å². The number of aromatic nitrogens is 1. The zero-order chi connectivity index (χ0) is 22.3. The lowest BCUT2D eigenvalue weighted by Crippen LogP contribution is -2.49. The molecule has 0 aliphatic carbocycles. The van der Waals surface area contributed by atoms with Crippen LogP contribution < -0.4 is 14.5 Å². The first-order valence-corrected chi connectivity index (χ1v) is 11.8. The number of hydrogen-bond donors (Lipinski definition) is 0. The van der Waals surface area contributed by atoms with Crippen LogP contribution in [0.4, 0.5) is 11.5 Å². The number of halogens is 1. The van der Waals surface area contributed by atoms with Gasteiger partial charge in [0.25, 0.3) is 5.91 Å². The van der Waals surface area contributed by atoms with Crippen molar-refractivity contribution in [2.24, 2.45) is 0 Å². The fraction of sp³-hybridized carbons (Fsp3) is 0.280. The Bertz CT molecular complexity index is 1000. The van der Waals surface area contributed by atoms with Crippen molar-refractivity contribution in [2.45, 2.75) is 0 Å². The van der Waals surface area contributed by atoms with Gasteiger partial charge in [0.1, 0.15) is 11.6 Å². The average molecular weight is 542 g/mol. The molecule has 7 heteroatoms. The fourth-order valence-electron chi connectivity index (χ4n) is 3.85. The number of ether oxygens (including phenoxy) is 1. The van der Waals surface area contributed by atoms with Gasteiger partial charge in [-0.15, -0.1) is 0 Å². The first-order chi connectivity index (χ1) is 15.6. The molecule has 1 aromatic heterocycles. The van der Waals surface area contributed by atoms with Gasteiger partial charge in [-0.2, -0.15) is 0 Å². The van der Waals surface area contributed by atoms with Gasteiger partial charge in [-0.05, 0) is 83.3 Å². The summed E-state index contributed by atoms with van der Waals surface area (Å²) in [7, 11) is 1.69. The van der Waals surface area contributed by atoms with Crippen molar-refractivity contribution in [3.8, 4) is 5.75 Å². The highest BCUT2D eigenvalue weighted by atomic mass is 127. The Morgan fingerprint density at radius 1 is 1.00 bits per heavy atom. The van der Waals surface area contributed by atoms with E-state index in [1.807, 2.05) is 54.6 Å². The third-order valence-corrected chi connectivity index (χ3v) is 6.43. The van der Waals surface area contributed by atoms with E-state index in [1.165, 1.54) is 5.69 Å². The van der Waals surface area contributed by atoms with Crippen LogP contribution >= 0.6 is 22.6 Å². The van der Waals surface area contributed by atoms with Gasteiger partial charge in [0.2, 0.25) is 0 Å². The van der Waals surface area contributed by atoms with Gasteiger partial charge in [-0.25, -0.2) is 4.98 Å². The van der Waals surface area contributed by atoms with Crippen molar-refractivity contribution in [1.29, 1.82) is 0 Å². The second kappa shape index (κ2) is 10.8. The molecule has 0 unspecified atom stereocenters. The Morgan fingerprint density at radius 2 is 1.72 bits per heavy atom. The van der Waals surface area contributed by atoms with E-state index in [2.05, 4.69) is 49.5 Å². The topological polar surface area (TPSA) is 48.9 Å². The maximum absolute atomic E-state index is 13.3. The molecule has 1 amide bonds. The van der Waals surface area contributed by atoms with Crippen molar-refractivity contribution in [2.75, 3.05) is 56.2 Å². The highest BCUT2D eigenvalue weighted by Gasteiger charge is 2.22. The third kappa shape index (κ3) is 5.58. The standard InChI is InChI=1S/C25H27IN4O2/c1-32-23-11-9-22(10-12-23)29-17-14-28(15-18-29)16-19-30(24-4-2-3-13-27-24)25(31)20-5-7-21(26)8-6-20/h2-13H,14-19H2,1H3. The average Bonchev–Trinajstić information content (AvgIpc) is 2.85. The molecular formula is C25H27IN4O2. The molecule has 4 rings (SSSR count). The molecule has 2 heterocycles. The normalized spacial score (nSPS) is 14.2. The maximum atomic E-state index is 13.3. The lowest BCUT2D eigenvalue weighted by atomic mass is 10.2. The predicted octanol–water partition coefficient (Wildman–Crippen LogP) is 4.16. The summed E-state index contributed by atoms with van der Waals surface area (Å²) in [6.45, 7) is 5.25. The maximum Gasteiger partial charge on any atom is 0.259 e. The molecule has 2 aromatic carbocycles. The zero-order valence-corrected chi connectivity index (χ0v) is 20.3. The minimum absolute atomic E-state index is 0.0167. The highest BCUT2D eigenvalue weighted by molar-refractivity contribution is 14.1. The number of nitrogens with zero attached hydrogens (tertiary/aromatic N) is 4. The Balaban J connectivity index is 1.38. The first-order valence-electron chi connectivity index (χ1n) is 10.7. The van der Waals surface area contributed by atoms with Gasteiger partial charge in [-0.3, -0.25) is 14.6 Å². The number of carbonyl (C=O) groups excluding carboxylic acids is 1. The number of pyridine rings is 1. The van der Waals surface area contributed by atoms with E-state index in [0.29, 0.717) is 17.9 Å². The molecule has 32 heavy (non-hydrogen) atoms. The summed E-state index contributed by atoms with van der Waals surface area (Å²) in [6, 6.07) is 21.6. The van der Waals surface area contributed by atoms with Crippen LogP contribution in [0.3, 0.4) is 0 Å². The van der Waals surface area contributed by atoms with Crippen LogP contribution in [0.1, 0.15) is 10.4 Å². The Morgan fingerprint density at radius 3 is 2.34 bits per heavy atom. The number of hydrogen-bond acceptors (Lipinski definition) is 5. The third-order valence-electron chi connectivity index (χ3n) is 5.71. The van der Waals surface area contributed by atoms with Crippen LogP contribution in [-0.2, 0) is 0 Å². The van der Waals surface area contributed by atoms with Gasteiger partial charge < -0.3 is 9.64 Å². The Labute approximate surface area is 202 Å². The number of methoxy groups -OCH3 is 1. The van der Waals surface area contributed by atoms with E-state index >= 15 is 0 Å². The molecule has 0 radical (unpaired) electrons. The van der Waals surface area contributed by atoms with Gasteiger partial charge in [0.15, 0.2) is 0 Å². The summed E-state index contributed by atoms with van der Waals surface area (Å²) in [5.41, 5.74) is 1.90. The number of anilines is 2. The molecule has 1 aliphatic heterocycles. The number of benzene rings is 2. The van der Waals surface area contributed by atoms with Crippen molar-refractivity contribution < 1.29 is 9.53 Å². The van der Waals surface area contributed by atoms with Gasteiger partial charge in [0.05, 0.1) is 7.11 Å². The van der Waals surface area contributed by atoms with E-state index in [0.717, 1.165) is 42.0 Å². The molecule has 1 saturated heterocycles. The molecule has 0 saturated carbocycles. The fourth-order valence-corrected chi connectivity index (χ4v) is 4.21. The smallest absolute Gasteiger partial charge is 0.259 e. The van der Waals surface area contributed by atoms with Crippen molar-refractivity contribution >= 4 is 40.0 Å². The van der Waals surface area contributed by atoms with Crippen LogP contribution in [0, 0.1) is 3.57 Å². The van der Waals surface area contributed by atoms with Crippen LogP contribution in [0.5, 0.6) is 5.75 Å². The molecule has 6 nitrogen and oxygen atoms in total. The minimum atomic E-state index is -0.0167. The summed E-state index contributed by atoms with van der Waals surface area (Å²) in [5, 5.41) is 0. The van der Waals surface area contributed by atoms with Crippen LogP contribution in [0.25, 0.3) is 0 Å². The summed E-state index contributed by atoms with van der Waals surface area (Å²) >= 11 is 2.25. The number of amides is 1. The van der Waals surface area contributed by atoms with Gasteiger partial charge in [0, 0.05) is 60.3 Å².